The van der Waals surface area contributed by atoms with Crippen molar-refractivity contribution in [3.05, 3.63) is 54.6 Å². The van der Waals surface area contributed by atoms with Crippen LogP contribution in [0.5, 0.6) is 5.75 Å². The monoisotopic (exact) mass is 325 g/mol. The molecule has 0 unspecified atom stereocenters. The Labute approximate surface area is 145 Å². The normalized spacial score (nSPS) is 15.3. The van der Waals surface area contributed by atoms with Gasteiger partial charge in [-0.25, -0.2) is 0 Å². The van der Waals surface area contributed by atoms with Crippen molar-refractivity contribution in [1.29, 1.82) is 0 Å². The van der Waals surface area contributed by atoms with Gasteiger partial charge in [0.05, 0.1) is 6.61 Å². The number of ether oxygens (including phenoxy) is 1. The average Bonchev–Trinajstić information content (AvgIpc) is 2.67. The van der Waals surface area contributed by atoms with Gasteiger partial charge in [-0.3, -0.25) is 4.90 Å². The van der Waals surface area contributed by atoms with E-state index in [-0.39, 0.29) is 0 Å². The van der Waals surface area contributed by atoms with Gasteiger partial charge in [0, 0.05) is 57.2 Å². The molecular formula is C20H27N3O. The molecule has 1 aliphatic heterocycles. The van der Waals surface area contributed by atoms with Crippen LogP contribution in [-0.2, 0) is 0 Å². The van der Waals surface area contributed by atoms with Crippen molar-refractivity contribution < 1.29 is 4.74 Å². The van der Waals surface area contributed by atoms with E-state index in [2.05, 4.69) is 45.4 Å². The number of anilines is 2. The molecule has 24 heavy (non-hydrogen) atoms. The number of hydrogen-bond acceptors (Lipinski definition) is 4. The van der Waals surface area contributed by atoms with E-state index in [1.54, 1.807) is 0 Å². The molecule has 2 aromatic carbocycles. The van der Waals surface area contributed by atoms with Crippen LogP contribution in [0.3, 0.4) is 0 Å². The van der Waals surface area contributed by atoms with Crippen LogP contribution in [0.25, 0.3) is 0 Å². The third kappa shape index (κ3) is 4.65. The van der Waals surface area contributed by atoms with Gasteiger partial charge in [0.15, 0.2) is 0 Å². The third-order valence-corrected chi connectivity index (χ3v) is 4.50. The van der Waals surface area contributed by atoms with Crippen LogP contribution in [-0.4, -0.2) is 51.3 Å². The predicted molar refractivity (Wildman–Crippen MR) is 101 cm³/mol. The minimum absolute atomic E-state index is 0.770. The molecule has 0 amide bonds. The first kappa shape index (κ1) is 16.7. The summed E-state index contributed by atoms with van der Waals surface area (Å²) in [5.74, 6) is 0.941. The molecule has 1 heterocycles. The van der Waals surface area contributed by atoms with Crippen LogP contribution < -0.4 is 15.0 Å². The second kappa shape index (κ2) is 8.60. The Kier molecular flexibility index (Phi) is 5.96. The third-order valence-electron chi connectivity index (χ3n) is 4.50. The van der Waals surface area contributed by atoms with Gasteiger partial charge in [0.1, 0.15) is 5.75 Å². The number of rotatable bonds is 7. The quantitative estimate of drug-likeness (QED) is 0.791. The fourth-order valence-electron chi connectivity index (χ4n) is 3.09. The Morgan fingerprint density at radius 2 is 1.75 bits per heavy atom. The van der Waals surface area contributed by atoms with Crippen molar-refractivity contribution in [3.8, 4) is 5.75 Å². The van der Waals surface area contributed by atoms with Gasteiger partial charge in [-0.15, -0.1) is 0 Å². The summed E-state index contributed by atoms with van der Waals surface area (Å²) in [6.07, 6.45) is 1.06. The van der Waals surface area contributed by atoms with Crippen LogP contribution in [0.4, 0.5) is 11.4 Å². The highest BCUT2D eigenvalue weighted by atomic mass is 16.5. The first-order valence-corrected chi connectivity index (χ1v) is 8.78. The Bertz CT molecular complexity index is 609. The van der Waals surface area contributed by atoms with E-state index < -0.39 is 0 Å². The number of nitrogens with one attached hydrogen (secondary N) is 1. The van der Waals surface area contributed by atoms with Gasteiger partial charge in [-0.1, -0.05) is 24.3 Å². The minimum Gasteiger partial charge on any atom is -0.493 e. The van der Waals surface area contributed by atoms with E-state index in [4.69, 9.17) is 4.74 Å². The number of piperazine rings is 1. The lowest BCUT2D eigenvalue weighted by molar-refractivity contribution is 0.225. The van der Waals surface area contributed by atoms with Gasteiger partial charge in [-0.05, 0) is 30.7 Å². The van der Waals surface area contributed by atoms with Gasteiger partial charge < -0.3 is 15.0 Å². The average molecular weight is 325 g/mol. The molecule has 0 spiro atoms. The summed E-state index contributed by atoms with van der Waals surface area (Å²) in [6.45, 7) is 6.35. The molecule has 0 aromatic heterocycles. The Balaban J connectivity index is 1.35. The summed E-state index contributed by atoms with van der Waals surface area (Å²) < 4.78 is 5.85. The van der Waals surface area contributed by atoms with Gasteiger partial charge in [0.2, 0.25) is 0 Å². The smallest absolute Gasteiger partial charge is 0.121 e. The molecule has 2 aromatic rings. The van der Waals surface area contributed by atoms with Crippen LogP contribution in [0.1, 0.15) is 6.42 Å². The highest BCUT2D eigenvalue weighted by Gasteiger charge is 2.16. The summed E-state index contributed by atoms with van der Waals surface area (Å²) in [7, 11) is 1.92. The van der Waals surface area contributed by atoms with Crippen molar-refractivity contribution in [3.63, 3.8) is 0 Å². The van der Waals surface area contributed by atoms with Crippen molar-refractivity contribution in [2.75, 3.05) is 56.6 Å². The molecule has 0 saturated carbocycles. The molecule has 3 rings (SSSR count). The zero-order valence-corrected chi connectivity index (χ0v) is 14.4. The molecule has 1 N–H and O–H groups in total. The maximum Gasteiger partial charge on any atom is 0.121 e. The number of hydrogen-bond donors (Lipinski definition) is 1. The first-order valence-electron chi connectivity index (χ1n) is 8.78. The zero-order chi connectivity index (χ0) is 16.6. The lowest BCUT2D eigenvalue weighted by Crippen LogP contribution is -2.46. The molecule has 4 heteroatoms. The van der Waals surface area contributed by atoms with E-state index in [1.165, 1.54) is 5.69 Å². The summed E-state index contributed by atoms with van der Waals surface area (Å²) in [4.78, 5) is 5.00. The lowest BCUT2D eigenvalue weighted by Gasteiger charge is -2.36. The first-order chi connectivity index (χ1) is 11.8. The molecular weight excluding hydrogens is 298 g/mol. The molecule has 0 atom stereocenters. The van der Waals surface area contributed by atoms with Gasteiger partial charge >= 0.3 is 0 Å². The molecule has 1 fully saturated rings. The Morgan fingerprint density at radius 3 is 2.50 bits per heavy atom. The maximum absolute atomic E-state index is 5.85. The molecule has 1 aliphatic rings. The van der Waals surface area contributed by atoms with Gasteiger partial charge in [0.25, 0.3) is 0 Å². The lowest BCUT2D eigenvalue weighted by atomic mass is 10.2. The Morgan fingerprint density at radius 1 is 0.958 bits per heavy atom. The second-order valence-corrected chi connectivity index (χ2v) is 6.14. The maximum atomic E-state index is 5.85. The number of benzene rings is 2. The fourth-order valence-corrected chi connectivity index (χ4v) is 3.09. The topological polar surface area (TPSA) is 27.7 Å². The predicted octanol–water partition coefficient (Wildman–Crippen LogP) is 3.32. The second-order valence-electron chi connectivity index (χ2n) is 6.14. The SMILES string of the molecule is CNc1cccc(OCCCN2CCN(c3ccccc3)CC2)c1. The molecule has 0 radical (unpaired) electrons. The molecule has 4 nitrogen and oxygen atoms in total. The standard InChI is InChI=1S/C20H27N3O/c1-21-18-7-5-10-20(17-18)24-16-6-11-22-12-14-23(15-13-22)19-8-3-2-4-9-19/h2-5,7-10,17,21H,6,11-16H2,1H3. The highest BCUT2D eigenvalue weighted by molar-refractivity contribution is 5.47. The van der Waals surface area contributed by atoms with E-state index in [0.717, 1.165) is 57.2 Å². The summed E-state index contributed by atoms with van der Waals surface area (Å²) in [6, 6.07) is 18.8. The van der Waals surface area contributed by atoms with E-state index in [9.17, 15) is 0 Å². The fraction of sp³-hybridized carbons (Fsp3) is 0.400. The largest absolute Gasteiger partial charge is 0.493 e. The molecule has 128 valence electrons. The summed E-state index contributed by atoms with van der Waals surface area (Å²) in [5, 5.41) is 3.13. The van der Waals surface area contributed by atoms with Crippen molar-refractivity contribution in [2.24, 2.45) is 0 Å². The minimum atomic E-state index is 0.770. The number of para-hydroxylation sites is 1. The van der Waals surface area contributed by atoms with Crippen molar-refractivity contribution >= 4 is 11.4 Å². The molecule has 0 bridgehead atoms. The van der Waals surface area contributed by atoms with Crippen molar-refractivity contribution in [1.82, 2.24) is 4.90 Å². The van der Waals surface area contributed by atoms with Crippen molar-refractivity contribution in [2.45, 2.75) is 6.42 Å². The van der Waals surface area contributed by atoms with Crippen LogP contribution >= 0.6 is 0 Å². The summed E-state index contributed by atoms with van der Waals surface area (Å²) >= 11 is 0. The van der Waals surface area contributed by atoms with Crippen LogP contribution in [0.2, 0.25) is 0 Å². The Hall–Kier alpha value is -2.20. The van der Waals surface area contributed by atoms with Crippen LogP contribution in [0.15, 0.2) is 54.6 Å². The molecule has 0 aliphatic carbocycles. The summed E-state index contributed by atoms with van der Waals surface area (Å²) in [5.41, 5.74) is 2.43. The highest BCUT2D eigenvalue weighted by Crippen LogP contribution is 2.17. The number of nitrogens with zero attached hydrogens (tertiary/aromatic N) is 2. The van der Waals surface area contributed by atoms with E-state index >= 15 is 0 Å². The van der Waals surface area contributed by atoms with Gasteiger partial charge in [-0.2, -0.15) is 0 Å². The van der Waals surface area contributed by atoms with Crippen LogP contribution in [0, 0.1) is 0 Å². The van der Waals surface area contributed by atoms with E-state index in [0.29, 0.717) is 0 Å². The molecule has 1 saturated heterocycles. The van der Waals surface area contributed by atoms with E-state index in [1.807, 2.05) is 31.3 Å². The zero-order valence-electron chi connectivity index (χ0n) is 14.4.